The van der Waals surface area contributed by atoms with Crippen LogP contribution in [0, 0.1) is 17.2 Å². The number of methoxy groups -OCH3 is 2. The number of halogens is 1. The third-order valence-electron chi connectivity index (χ3n) is 5.50. The molecule has 0 amide bonds. The maximum Gasteiger partial charge on any atom is 0.160 e. The van der Waals surface area contributed by atoms with Gasteiger partial charge in [0.15, 0.2) is 11.5 Å². The van der Waals surface area contributed by atoms with Gasteiger partial charge >= 0.3 is 0 Å². The maximum absolute atomic E-state index is 10.0. The van der Waals surface area contributed by atoms with Crippen molar-refractivity contribution < 1.29 is 9.47 Å². The Kier molecular flexibility index (Phi) is 8.82. The SMILES string of the molecule is COc1ccc(CCNCCC[C@@](C#N)(c2ccccc2Cl)C(C)C)cc1OC. The fourth-order valence-electron chi connectivity index (χ4n) is 3.69. The van der Waals surface area contributed by atoms with E-state index >= 15 is 0 Å². The van der Waals surface area contributed by atoms with Crippen LogP contribution >= 0.6 is 11.6 Å². The molecule has 4 nitrogen and oxygen atoms in total. The molecule has 2 aromatic carbocycles. The molecule has 0 aliphatic rings. The minimum Gasteiger partial charge on any atom is -0.493 e. The van der Waals surface area contributed by atoms with Gasteiger partial charge in [-0.3, -0.25) is 0 Å². The highest BCUT2D eigenvalue weighted by atomic mass is 35.5. The van der Waals surface area contributed by atoms with E-state index in [1.54, 1.807) is 14.2 Å². The Bertz CT molecular complexity index is 832. The topological polar surface area (TPSA) is 54.3 Å². The molecule has 2 aromatic rings. The Morgan fingerprint density at radius 2 is 1.79 bits per heavy atom. The van der Waals surface area contributed by atoms with Crippen molar-refractivity contribution in [1.82, 2.24) is 5.32 Å². The van der Waals surface area contributed by atoms with Crippen LogP contribution < -0.4 is 14.8 Å². The molecule has 0 saturated carbocycles. The molecule has 29 heavy (non-hydrogen) atoms. The fraction of sp³-hybridized carbons (Fsp3) is 0.458. The quantitative estimate of drug-likeness (QED) is 0.501. The minimum atomic E-state index is -0.566. The lowest BCUT2D eigenvalue weighted by Crippen LogP contribution is -2.32. The minimum absolute atomic E-state index is 0.180. The van der Waals surface area contributed by atoms with Crippen LogP contribution in [0.1, 0.15) is 37.8 Å². The first kappa shape index (κ1) is 23.1. The summed E-state index contributed by atoms with van der Waals surface area (Å²) in [7, 11) is 3.29. The van der Waals surface area contributed by atoms with Crippen molar-refractivity contribution in [1.29, 1.82) is 5.26 Å². The van der Waals surface area contributed by atoms with Gasteiger partial charge in [0, 0.05) is 5.02 Å². The average Bonchev–Trinajstić information content (AvgIpc) is 2.73. The summed E-state index contributed by atoms with van der Waals surface area (Å²) < 4.78 is 10.6. The molecule has 0 saturated heterocycles. The number of rotatable bonds is 11. The van der Waals surface area contributed by atoms with Crippen LogP contribution in [0.4, 0.5) is 0 Å². The highest BCUT2D eigenvalue weighted by Crippen LogP contribution is 2.39. The molecular weight excluding hydrogens is 384 g/mol. The van der Waals surface area contributed by atoms with Crippen molar-refractivity contribution >= 4 is 11.6 Å². The summed E-state index contributed by atoms with van der Waals surface area (Å²) in [6.07, 6.45) is 2.58. The standard InChI is InChI=1S/C24H31ClN2O2/c1-18(2)24(17-26,20-8-5-6-9-21(20)25)13-7-14-27-15-12-19-10-11-22(28-3)23(16-19)29-4/h5-6,8-11,16,18,27H,7,12-15H2,1-4H3/t24-/m0/s1. The molecule has 0 spiro atoms. The zero-order valence-corrected chi connectivity index (χ0v) is 18.6. The summed E-state index contributed by atoms with van der Waals surface area (Å²) in [5.41, 5.74) is 1.56. The van der Waals surface area contributed by atoms with Crippen LogP contribution in [0.15, 0.2) is 42.5 Å². The lowest BCUT2D eigenvalue weighted by molar-refractivity contribution is 0.354. The first-order valence-electron chi connectivity index (χ1n) is 10.1. The molecule has 1 atom stereocenters. The average molecular weight is 415 g/mol. The van der Waals surface area contributed by atoms with E-state index in [0.717, 1.165) is 49.4 Å². The maximum atomic E-state index is 10.0. The van der Waals surface area contributed by atoms with E-state index in [2.05, 4.69) is 31.3 Å². The predicted octanol–water partition coefficient (Wildman–Crippen LogP) is 5.39. The molecular formula is C24H31ClN2O2. The van der Waals surface area contributed by atoms with Gasteiger partial charge in [0.05, 0.1) is 25.7 Å². The summed E-state index contributed by atoms with van der Waals surface area (Å²) in [5, 5.41) is 14.2. The van der Waals surface area contributed by atoms with Crippen LogP contribution in [0.5, 0.6) is 11.5 Å². The van der Waals surface area contributed by atoms with Gasteiger partial charge in [-0.25, -0.2) is 0 Å². The van der Waals surface area contributed by atoms with Crippen molar-refractivity contribution in [3.05, 3.63) is 58.6 Å². The predicted molar refractivity (Wildman–Crippen MR) is 119 cm³/mol. The Morgan fingerprint density at radius 1 is 1.07 bits per heavy atom. The number of benzene rings is 2. The van der Waals surface area contributed by atoms with E-state index in [4.69, 9.17) is 21.1 Å². The first-order valence-corrected chi connectivity index (χ1v) is 10.4. The largest absolute Gasteiger partial charge is 0.493 e. The highest BCUT2D eigenvalue weighted by molar-refractivity contribution is 6.31. The van der Waals surface area contributed by atoms with E-state index in [1.165, 1.54) is 5.56 Å². The summed E-state index contributed by atoms with van der Waals surface area (Å²) in [6, 6.07) is 16.3. The van der Waals surface area contributed by atoms with Gasteiger partial charge < -0.3 is 14.8 Å². The first-order chi connectivity index (χ1) is 14.0. The number of nitrogens with one attached hydrogen (secondary N) is 1. The molecule has 0 radical (unpaired) electrons. The molecule has 1 N–H and O–H groups in total. The second-order valence-electron chi connectivity index (χ2n) is 7.51. The third kappa shape index (κ3) is 5.65. The summed E-state index contributed by atoms with van der Waals surface area (Å²) in [4.78, 5) is 0. The summed E-state index contributed by atoms with van der Waals surface area (Å²) in [6.45, 7) is 5.91. The second-order valence-corrected chi connectivity index (χ2v) is 7.92. The van der Waals surface area contributed by atoms with Crippen LogP contribution in [-0.4, -0.2) is 27.3 Å². The normalized spacial score (nSPS) is 13.0. The van der Waals surface area contributed by atoms with Crippen molar-refractivity contribution in [2.75, 3.05) is 27.3 Å². The number of nitrogens with zero attached hydrogens (tertiary/aromatic N) is 1. The molecule has 0 aromatic heterocycles. The van der Waals surface area contributed by atoms with Gasteiger partial charge in [-0.05, 0) is 67.6 Å². The zero-order valence-electron chi connectivity index (χ0n) is 17.8. The monoisotopic (exact) mass is 414 g/mol. The van der Waals surface area contributed by atoms with Gasteiger partial charge in [-0.15, -0.1) is 0 Å². The summed E-state index contributed by atoms with van der Waals surface area (Å²) >= 11 is 6.42. The van der Waals surface area contributed by atoms with E-state index < -0.39 is 5.41 Å². The highest BCUT2D eigenvalue weighted by Gasteiger charge is 2.36. The molecule has 2 rings (SSSR count). The van der Waals surface area contributed by atoms with Crippen LogP contribution in [0.2, 0.25) is 5.02 Å². The van der Waals surface area contributed by atoms with Gasteiger partial charge in [-0.2, -0.15) is 5.26 Å². The smallest absolute Gasteiger partial charge is 0.160 e. The van der Waals surface area contributed by atoms with Gasteiger partial charge in [0.2, 0.25) is 0 Å². The third-order valence-corrected chi connectivity index (χ3v) is 5.83. The Balaban J connectivity index is 1.88. The molecule has 5 heteroatoms. The van der Waals surface area contributed by atoms with Crippen molar-refractivity contribution in [2.24, 2.45) is 5.92 Å². The molecule has 0 unspecified atom stereocenters. The Morgan fingerprint density at radius 3 is 2.41 bits per heavy atom. The molecule has 0 aliphatic carbocycles. The Hall–Kier alpha value is -2.22. The number of nitriles is 1. The number of hydrogen-bond donors (Lipinski definition) is 1. The van der Waals surface area contributed by atoms with Crippen LogP contribution in [-0.2, 0) is 11.8 Å². The van der Waals surface area contributed by atoms with Gasteiger partial charge in [0.25, 0.3) is 0 Å². The van der Waals surface area contributed by atoms with E-state index in [-0.39, 0.29) is 5.92 Å². The van der Waals surface area contributed by atoms with Gasteiger partial charge in [-0.1, -0.05) is 49.7 Å². The van der Waals surface area contributed by atoms with Crippen LogP contribution in [0.3, 0.4) is 0 Å². The molecule has 156 valence electrons. The molecule has 0 heterocycles. The van der Waals surface area contributed by atoms with Crippen LogP contribution in [0.25, 0.3) is 0 Å². The van der Waals surface area contributed by atoms with Gasteiger partial charge in [0.1, 0.15) is 0 Å². The second kappa shape index (κ2) is 11.1. The molecule has 0 fully saturated rings. The number of hydrogen-bond acceptors (Lipinski definition) is 4. The molecule has 0 bridgehead atoms. The van der Waals surface area contributed by atoms with E-state index in [1.807, 2.05) is 36.4 Å². The van der Waals surface area contributed by atoms with E-state index in [0.29, 0.717) is 5.02 Å². The van der Waals surface area contributed by atoms with Crippen molar-refractivity contribution in [3.63, 3.8) is 0 Å². The number of ether oxygens (including phenoxy) is 2. The van der Waals surface area contributed by atoms with E-state index in [9.17, 15) is 5.26 Å². The lowest BCUT2D eigenvalue weighted by Gasteiger charge is -2.32. The zero-order chi connectivity index (χ0) is 21.3. The van der Waals surface area contributed by atoms with Crippen molar-refractivity contribution in [3.8, 4) is 17.6 Å². The lowest BCUT2D eigenvalue weighted by atomic mass is 9.70. The fourth-order valence-corrected chi connectivity index (χ4v) is 3.99. The van der Waals surface area contributed by atoms with Crippen molar-refractivity contribution in [2.45, 2.75) is 38.5 Å². The summed E-state index contributed by atoms with van der Waals surface area (Å²) in [5.74, 6) is 1.67. The Labute approximate surface area is 179 Å². The molecule has 0 aliphatic heterocycles.